The van der Waals surface area contributed by atoms with Crippen LogP contribution < -0.4 is 9.80 Å². The molecule has 0 aliphatic carbocycles. The average Bonchev–Trinajstić information content (AvgIpc) is 3.44. The fourth-order valence-corrected chi connectivity index (χ4v) is 5.20. The van der Waals surface area contributed by atoms with Gasteiger partial charge in [-0.1, -0.05) is 17.7 Å². The molecule has 0 radical (unpaired) electrons. The van der Waals surface area contributed by atoms with Gasteiger partial charge in [-0.3, -0.25) is 0 Å². The predicted octanol–water partition coefficient (Wildman–Crippen LogP) is 4.94. The maximum atomic E-state index is 14.9. The van der Waals surface area contributed by atoms with Gasteiger partial charge in [0.05, 0.1) is 10.7 Å². The maximum absolute atomic E-state index is 14.9. The van der Waals surface area contributed by atoms with Crippen molar-refractivity contribution >= 4 is 23.1 Å². The third-order valence-electron chi connectivity index (χ3n) is 7.60. The number of pyridine rings is 1. The summed E-state index contributed by atoms with van der Waals surface area (Å²) in [6, 6.07) is 11.5. The van der Waals surface area contributed by atoms with Crippen molar-refractivity contribution < 1.29 is 14.6 Å². The molecule has 2 atom stereocenters. The molecule has 2 unspecified atom stereocenters. The lowest BCUT2D eigenvalue weighted by atomic mass is 9.97. The molecule has 1 fully saturated rings. The number of rotatable bonds is 5. The van der Waals surface area contributed by atoms with E-state index >= 15 is 0 Å². The zero-order chi connectivity index (χ0) is 26.5. The van der Waals surface area contributed by atoms with Gasteiger partial charge < -0.3 is 29.8 Å². The predicted molar refractivity (Wildman–Crippen MR) is 146 cm³/mol. The molecule has 2 aliphatic heterocycles. The van der Waals surface area contributed by atoms with Crippen molar-refractivity contribution in [2.24, 2.45) is 0 Å². The molecular formula is C28H31ClFN5O2. The Bertz CT molecular complexity index is 1370. The standard InChI is InChI=1S/C28H31ClFN5O2/c1-28(32(2)3)8-10-34(17-28)25-14-19(7-9-31-25)22-16-20(30)15-21(26(22)36)18-5-6-24(23(29)13-18)35-12-11-33(4)27(35)37/h5-7,9,11-16,27,36-37H,8,10,17H2,1-4H3. The minimum atomic E-state index is -0.871. The van der Waals surface area contributed by atoms with Crippen LogP contribution in [0, 0.1) is 5.82 Å². The third kappa shape index (κ3) is 4.61. The fraction of sp³-hybridized carbons (Fsp3) is 0.321. The van der Waals surface area contributed by atoms with Crippen molar-refractivity contribution in [1.29, 1.82) is 0 Å². The van der Waals surface area contributed by atoms with Crippen LogP contribution in [0.3, 0.4) is 0 Å². The zero-order valence-electron chi connectivity index (χ0n) is 21.4. The lowest BCUT2D eigenvalue weighted by Crippen LogP contribution is -2.43. The van der Waals surface area contributed by atoms with E-state index in [0.717, 1.165) is 25.3 Å². The number of nitrogens with zero attached hydrogens (tertiary/aromatic N) is 5. The van der Waals surface area contributed by atoms with Gasteiger partial charge >= 0.3 is 0 Å². The molecule has 0 amide bonds. The van der Waals surface area contributed by atoms with E-state index in [0.29, 0.717) is 33.0 Å². The highest BCUT2D eigenvalue weighted by molar-refractivity contribution is 6.33. The van der Waals surface area contributed by atoms with Crippen LogP contribution in [0.4, 0.5) is 15.9 Å². The Balaban J connectivity index is 1.48. The minimum Gasteiger partial charge on any atom is -0.507 e. The average molecular weight is 524 g/mol. The molecule has 1 aromatic heterocycles. The highest BCUT2D eigenvalue weighted by Gasteiger charge is 2.36. The Morgan fingerprint density at radius 1 is 1.08 bits per heavy atom. The molecule has 2 aliphatic rings. The zero-order valence-corrected chi connectivity index (χ0v) is 22.1. The molecule has 9 heteroatoms. The van der Waals surface area contributed by atoms with Gasteiger partial charge in [-0.25, -0.2) is 9.37 Å². The van der Waals surface area contributed by atoms with Crippen LogP contribution in [0.15, 0.2) is 61.1 Å². The first kappa shape index (κ1) is 25.3. The number of likely N-dealkylation sites (N-methyl/N-ethyl adjacent to an activating group) is 1. The lowest BCUT2D eigenvalue weighted by Gasteiger charge is -2.32. The van der Waals surface area contributed by atoms with Gasteiger partial charge in [-0.2, -0.15) is 0 Å². The summed E-state index contributed by atoms with van der Waals surface area (Å²) in [5.74, 6) is 0.285. The monoisotopic (exact) mass is 523 g/mol. The first-order valence-electron chi connectivity index (χ1n) is 12.2. The first-order valence-corrected chi connectivity index (χ1v) is 12.5. The van der Waals surface area contributed by atoms with E-state index in [2.05, 4.69) is 35.8 Å². The molecule has 0 spiro atoms. The summed E-state index contributed by atoms with van der Waals surface area (Å²) in [5.41, 5.74) is 2.61. The number of anilines is 2. The molecule has 2 aromatic carbocycles. The Morgan fingerprint density at radius 2 is 1.78 bits per heavy atom. The summed E-state index contributed by atoms with van der Waals surface area (Å²) in [6.45, 7) is 3.93. The highest BCUT2D eigenvalue weighted by Crippen LogP contribution is 2.42. The number of phenolic OH excluding ortho intramolecular Hbond substituents is 1. The molecule has 0 bridgehead atoms. The van der Waals surface area contributed by atoms with E-state index in [4.69, 9.17) is 11.6 Å². The number of hydrogen-bond donors (Lipinski definition) is 2. The molecule has 194 valence electrons. The quantitative estimate of drug-likeness (QED) is 0.491. The third-order valence-corrected chi connectivity index (χ3v) is 7.90. The van der Waals surface area contributed by atoms with E-state index in [-0.39, 0.29) is 11.3 Å². The van der Waals surface area contributed by atoms with Crippen molar-refractivity contribution in [3.63, 3.8) is 0 Å². The van der Waals surface area contributed by atoms with Crippen LogP contribution in [0.1, 0.15) is 13.3 Å². The summed E-state index contributed by atoms with van der Waals surface area (Å²) >= 11 is 6.56. The van der Waals surface area contributed by atoms with E-state index < -0.39 is 12.2 Å². The van der Waals surface area contributed by atoms with Gasteiger partial charge in [-0.15, -0.1) is 0 Å². The maximum Gasteiger partial charge on any atom is 0.211 e. The van der Waals surface area contributed by atoms with Crippen LogP contribution in [0.25, 0.3) is 22.3 Å². The Morgan fingerprint density at radius 3 is 2.38 bits per heavy atom. The summed E-state index contributed by atoms with van der Waals surface area (Å²) in [7, 11) is 5.92. The van der Waals surface area contributed by atoms with Crippen molar-refractivity contribution in [3.8, 4) is 28.0 Å². The van der Waals surface area contributed by atoms with Crippen LogP contribution in [-0.4, -0.2) is 71.1 Å². The molecule has 3 heterocycles. The lowest BCUT2D eigenvalue weighted by molar-refractivity contribution is 0.0729. The summed E-state index contributed by atoms with van der Waals surface area (Å²) in [6.07, 6.45) is 5.30. The largest absolute Gasteiger partial charge is 0.507 e. The molecule has 1 saturated heterocycles. The van der Waals surface area contributed by atoms with Gasteiger partial charge in [0, 0.05) is 55.4 Å². The number of aromatic hydroxyl groups is 1. The Kier molecular flexibility index (Phi) is 6.52. The topological polar surface area (TPSA) is 66.3 Å². The molecule has 5 rings (SSSR count). The van der Waals surface area contributed by atoms with Crippen molar-refractivity contribution in [3.05, 3.63) is 71.9 Å². The second kappa shape index (κ2) is 9.52. The Hall–Kier alpha value is -3.33. The van der Waals surface area contributed by atoms with Crippen molar-refractivity contribution in [2.75, 3.05) is 44.0 Å². The molecule has 37 heavy (non-hydrogen) atoms. The molecule has 2 N–H and O–H groups in total. The Labute approximate surface area is 221 Å². The minimum absolute atomic E-state index is 0.0391. The summed E-state index contributed by atoms with van der Waals surface area (Å²) < 4.78 is 14.9. The summed E-state index contributed by atoms with van der Waals surface area (Å²) in [4.78, 5) is 12.3. The van der Waals surface area contributed by atoms with E-state index in [9.17, 15) is 14.6 Å². The molecular weight excluding hydrogens is 493 g/mol. The number of hydrogen-bond acceptors (Lipinski definition) is 7. The molecule has 7 nitrogen and oxygen atoms in total. The van der Waals surface area contributed by atoms with Crippen molar-refractivity contribution in [2.45, 2.75) is 25.2 Å². The van der Waals surface area contributed by atoms with Gasteiger partial charge in [0.15, 0.2) is 0 Å². The van der Waals surface area contributed by atoms with Crippen LogP contribution >= 0.6 is 11.6 Å². The van der Waals surface area contributed by atoms with Gasteiger partial charge in [-0.05, 0) is 75.0 Å². The van der Waals surface area contributed by atoms with Crippen molar-refractivity contribution in [1.82, 2.24) is 14.8 Å². The fourth-order valence-electron chi connectivity index (χ4n) is 4.92. The van der Waals surface area contributed by atoms with E-state index in [1.54, 1.807) is 59.7 Å². The smallest absolute Gasteiger partial charge is 0.211 e. The number of aromatic nitrogens is 1. The number of benzene rings is 2. The second-order valence-electron chi connectivity index (χ2n) is 10.2. The normalized spacial score (nSPS) is 21.5. The van der Waals surface area contributed by atoms with Crippen LogP contribution in [-0.2, 0) is 0 Å². The SMILES string of the molecule is CN1C=CN(c2ccc(-c3cc(F)cc(-c4ccnc(N5CCC(C)(N(C)C)C5)c4)c3O)cc2Cl)C1O. The summed E-state index contributed by atoms with van der Waals surface area (Å²) in [5, 5.41) is 22.0. The number of aliphatic hydroxyl groups is 1. The van der Waals surface area contributed by atoms with Gasteiger partial charge in [0.1, 0.15) is 17.4 Å². The second-order valence-corrected chi connectivity index (χ2v) is 10.6. The van der Waals surface area contributed by atoms with E-state index in [1.807, 2.05) is 6.07 Å². The van der Waals surface area contributed by atoms with Crippen LogP contribution in [0.5, 0.6) is 5.75 Å². The molecule has 3 aromatic rings. The van der Waals surface area contributed by atoms with Crippen LogP contribution in [0.2, 0.25) is 5.02 Å². The number of phenols is 1. The number of halogens is 2. The van der Waals surface area contributed by atoms with Gasteiger partial charge in [0.2, 0.25) is 6.35 Å². The highest BCUT2D eigenvalue weighted by atomic mass is 35.5. The first-order chi connectivity index (χ1) is 17.6. The molecule has 0 saturated carbocycles. The number of aliphatic hydroxyl groups excluding tert-OH is 1. The van der Waals surface area contributed by atoms with E-state index in [1.165, 1.54) is 12.1 Å². The van der Waals surface area contributed by atoms with Gasteiger partial charge in [0.25, 0.3) is 0 Å².